The van der Waals surface area contributed by atoms with E-state index in [0.29, 0.717) is 5.92 Å². The fraction of sp³-hybridized carbons (Fsp3) is 0.312. The zero-order valence-corrected chi connectivity index (χ0v) is 12.6. The Morgan fingerprint density at radius 2 is 1.38 bits per heavy atom. The van der Waals surface area contributed by atoms with Crippen molar-refractivity contribution >= 4 is 23.9 Å². The van der Waals surface area contributed by atoms with E-state index in [1.165, 1.54) is 25.7 Å². The smallest absolute Gasteiger partial charge is 0.268 e. The summed E-state index contributed by atoms with van der Waals surface area (Å²) in [5.41, 5.74) is 1.94. The quantitative estimate of drug-likeness (QED) is 0.619. The van der Waals surface area contributed by atoms with Gasteiger partial charge in [0.05, 0.1) is 0 Å². The molecule has 5 nitrogen and oxygen atoms in total. The predicted molar refractivity (Wildman–Crippen MR) is 79.4 cm³/mol. The third-order valence-electron chi connectivity index (χ3n) is 3.56. The summed E-state index contributed by atoms with van der Waals surface area (Å²) >= 11 is 0. The molecule has 0 aliphatic carbocycles. The lowest BCUT2D eigenvalue weighted by molar-refractivity contribution is -0.134. The minimum Gasteiger partial charge on any atom is -0.268 e. The third-order valence-corrected chi connectivity index (χ3v) is 3.56. The number of carbonyl (C=O) groups is 3. The zero-order valence-electron chi connectivity index (χ0n) is 12.6. The number of rotatable bonds is 2. The van der Waals surface area contributed by atoms with Crippen LogP contribution in [0.2, 0.25) is 0 Å². The Hall–Kier alpha value is -2.43. The highest BCUT2D eigenvalue weighted by Gasteiger charge is 2.37. The number of benzene rings is 1. The molecule has 0 saturated carbocycles. The van der Waals surface area contributed by atoms with Crippen LogP contribution in [0.3, 0.4) is 0 Å². The van der Waals surface area contributed by atoms with Gasteiger partial charge in [-0.3, -0.25) is 19.4 Å². The highest BCUT2D eigenvalue weighted by Crippen LogP contribution is 2.20. The molecular formula is C16H18N2O3. The van der Waals surface area contributed by atoms with Gasteiger partial charge in [0, 0.05) is 14.1 Å². The summed E-state index contributed by atoms with van der Waals surface area (Å²) in [4.78, 5) is 37.6. The summed E-state index contributed by atoms with van der Waals surface area (Å²) in [6.45, 7) is 4.19. The number of hydrogen-bond acceptors (Lipinski definition) is 3. The van der Waals surface area contributed by atoms with E-state index in [-0.39, 0.29) is 5.57 Å². The van der Waals surface area contributed by atoms with Crippen LogP contribution >= 0.6 is 0 Å². The molecule has 4 amide bonds. The van der Waals surface area contributed by atoms with Crippen LogP contribution in [-0.2, 0) is 9.59 Å². The van der Waals surface area contributed by atoms with Crippen molar-refractivity contribution < 1.29 is 14.4 Å². The number of barbiturate groups is 1. The van der Waals surface area contributed by atoms with Crippen molar-refractivity contribution in [1.82, 2.24) is 9.80 Å². The van der Waals surface area contributed by atoms with Crippen LogP contribution in [0.15, 0.2) is 29.8 Å². The Morgan fingerprint density at radius 1 is 0.905 bits per heavy atom. The SMILES string of the molecule is CC(C)c1ccc(C=C2C(=O)N(C)C(=O)N(C)C2=O)cc1. The summed E-state index contributed by atoms with van der Waals surface area (Å²) in [6, 6.07) is 7.04. The first-order valence-electron chi connectivity index (χ1n) is 6.74. The number of hydrogen-bond donors (Lipinski definition) is 0. The topological polar surface area (TPSA) is 57.7 Å². The monoisotopic (exact) mass is 286 g/mol. The number of imide groups is 2. The summed E-state index contributed by atoms with van der Waals surface area (Å²) < 4.78 is 0. The summed E-state index contributed by atoms with van der Waals surface area (Å²) in [5, 5.41) is 0. The molecule has 5 heteroatoms. The number of carbonyl (C=O) groups excluding carboxylic acids is 3. The van der Waals surface area contributed by atoms with Crippen molar-refractivity contribution in [2.24, 2.45) is 0 Å². The number of amides is 4. The standard InChI is InChI=1S/C16H18N2O3/c1-10(2)12-7-5-11(6-8-12)9-13-14(19)17(3)16(21)18(4)15(13)20/h5-10H,1-4H3. The predicted octanol–water partition coefficient (Wildman–Crippen LogP) is 2.24. The van der Waals surface area contributed by atoms with E-state index in [1.807, 2.05) is 24.3 Å². The highest BCUT2D eigenvalue weighted by atomic mass is 16.2. The normalized spacial score (nSPS) is 16.0. The summed E-state index contributed by atoms with van der Waals surface area (Å²) in [7, 11) is 2.73. The maximum atomic E-state index is 12.1. The van der Waals surface area contributed by atoms with Gasteiger partial charge in [0.25, 0.3) is 11.8 Å². The van der Waals surface area contributed by atoms with E-state index in [1.54, 1.807) is 0 Å². The first-order valence-corrected chi connectivity index (χ1v) is 6.74. The molecule has 0 bridgehead atoms. The highest BCUT2D eigenvalue weighted by molar-refractivity contribution is 6.30. The molecule has 0 N–H and O–H groups in total. The van der Waals surface area contributed by atoms with Crippen molar-refractivity contribution in [3.05, 3.63) is 41.0 Å². The second-order valence-electron chi connectivity index (χ2n) is 5.39. The molecule has 21 heavy (non-hydrogen) atoms. The summed E-state index contributed by atoms with van der Waals surface area (Å²) in [5.74, 6) is -0.730. The van der Waals surface area contributed by atoms with E-state index in [9.17, 15) is 14.4 Å². The first-order chi connectivity index (χ1) is 9.82. The van der Waals surface area contributed by atoms with E-state index in [0.717, 1.165) is 15.4 Å². The fourth-order valence-electron chi connectivity index (χ4n) is 2.12. The van der Waals surface area contributed by atoms with E-state index < -0.39 is 17.8 Å². The molecule has 0 unspecified atom stereocenters. The molecule has 1 aliphatic heterocycles. The Morgan fingerprint density at radius 3 is 1.81 bits per heavy atom. The van der Waals surface area contributed by atoms with Gasteiger partial charge < -0.3 is 0 Å². The van der Waals surface area contributed by atoms with Gasteiger partial charge in [0.2, 0.25) is 0 Å². The Bertz CT molecular complexity index is 603. The van der Waals surface area contributed by atoms with Crippen LogP contribution in [0.1, 0.15) is 30.9 Å². The lowest BCUT2D eigenvalue weighted by Crippen LogP contribution is -2.52. The second-order valence-corrected chi connectivity index (χ2v) is 5.39. The average molecular weight is 286 g/mol. The number of nitrogens with zero attached hydrogens (tertiary/aromatic N) is 2. The molecule has 0 radical (unpaired) electrons. The Kier molecular flexibility index (Phi) is 3.93. The molecule has 110 valence electrons. The van der Waals surface area contributed by atoms with Gasteiger partial charge in [0.1, 0.15) is 5.57 Å². The lowest BCUT2D eigenvalue weighted by atomic mass is 10.0. The Labute approximate surface area is 123 Å². The van der Waals surface area contributed by atoms with Crippen molar-refractivity contribution in [2.45, 2.75) is 19.8 Å². The average Bonchev–Trinajstić information content (AvgIpc) is 2.48. The van der Waals surface area contributed by atoms with Crippen LogP contribution in [0.5, 0.6) is 0 Å². The Balaban J connectivity index is 2.37. The molecule has 1 fully saturated rings. The van der Waals surface area contributed by atoms with Crippen LogP contribution in [0, 0.1) is 0 Å². The van der Waals surface area contributed by atoms with Gasteiger partial charge in [-0.2, -0.15) is 0 Å². The lowest BCUT2D eigenvalue weighted by Gasteiger charge is -2.28. The fourth-order valence-corrected chi connectivity index (χ4v) is 2.12. The second kappa shape index (κ2) is 5.52. The van der Waals surface area contributed by atoms with E-state index in [2.05, 4.69) is 13.8 Å². The van der Waals surface area contributed by atoms with Gasteiger partial charge in [-0.05, 0) is 23.1 Å². The minimum atomic E-state index is -0.614. The molecule has 1 aromatic rings. The van der Waals surface area contributed by atoms with E-state index >= 15 is 0 Å². The molecule has 0 aromatic heterocycles. The maximum absolute atomic E-state index is 12.1. The van der Waals surface area contributed by atoms with E-state index in [4.69, 9.17) is 0 Å². The number of urea groups is 1. The molecule has 1 heterocycles. The van der Waals surface area contributed by atoms with Crippen molar-refractivity contribution in [3.63, 3.8) is 0 Å². The molecule has 1 saturated heterocycles. The molecular weight excluding hydrogens is 268 g/mol. The molecule has 1 aromatic carbocycles. The minimum absolute atomic E-state index is 0.00287. The van der Waals surface area contributed by atoms with Crippen LogP contribution in [0.4, 0.5) is 4.79 Å². The first kappa shape index (κ1) is 15.0. The van der Waals surface area contributed by atoms with Crippen molar-refractivity contribution in [2.75, 3.05) is 14.1 Å². The zero-order chi connectivity index (χ0) is 15.7. The molecule has 1 aliphatic rings. The largest absolute Gasteiger partial charge is 0.333 e. The molecule has 0 atom stereocenters. The maximum Gasteiger partial charge on any atom is 0.333 e. The van der Waals surface area contributed by atoms with Gasteiger partial charge in [0.15, 0.2) is 0 Å². The van der Waals surface area contributed by atoms with Gasteiger partial charge >= 0.3 is 6.03 Å². The third kappa shape index (κ3) is 2.72. The van der Waals surface area contributed by atoms with Gasteiger partial charge in [-0.1, -0.05) is 38.1 Å². The van der Waals surface area contributed by atoms with Crippen LogP contribution in [0.25, 0.3) is 6.08 Å². The van der Waals surface area contributed by atoms with Gasteiger partial charge in [-0.15, -0.1) is 0 Å². The number of likely N-dealkylation sites (N-methyl/N-ethyl adjacent to an activating group) is 2. The van der Waals surface area contributed by atoms with Gasteiger partial charge in [-0.25, -0.2) is 4.79 Å². The van der Waals surface area contributed by atoms with Crippen LogP contribution in [-0.4, -0.2) is 41.7 Å². The molecule has 2 rings (SSSR count). The summed E-state index contributed by atoms with van der Waals surface area (Å²) in [6.07, 6.45) is 1.52. The van der Waals surface area contributed by atoms with Crippen molar-refractivity contribution in [3.8, 4) is 0 Å². The van der Waals surface area contributed by atoms with Crippen molar-refractivity contribution in [1.29, 1.82) is 0 Å². The molecule has 0 spiro atoms. The van der Waals surface area contributed by atoms with Crippen LogP contribution < -0.4 is 0 Å².